The van der Waals surface area contributed by atoms with E-state index < -0.39 is 5.97 Å². The number of aryl methyl sites for hydroxylation is 1. The predicted octanol–water partition coefficient (Wildman–Crippen LogP) is 2.24. The summed E-state index contributed by atoms with van der Waals surface area (Å²) in [6, 6.07) is 4.35. The number of ether oxygens (including phenoxy) is 1. The lowest BCUT2D eigenvalue weighted by Gasteiger charge is -2.20. The van der Waals surface area contributed by atoms with E-state index in [9.17, 15) is 9.59 Å². The van der Waals surface area contributed by atoms with Crippen molar-refractivity contribution in [3.8, 4) is 0 Å². The van der Waals surface area contributed by atoms with Crippen molar-refractivity contribution in [1.82, 2.24) is 5.32 Å². The van der Waals surface area contributed by atoms with Gasteiger partial charge in [-0.15, -0.1) is 0 Å². The number of urea groups is 1. The maximum absolute atomic E-state index is 12.0. The van der Waals surface area contributed by atoms with Crippen molar-refractivity contribution in [2.45, 2.75) is 26.3 Å². The molecule has 0 bridgehead atoms. The van der Waals surface area contributed by atoms with E-state index in [4.69, 9.17) is 9.84 Å². The van der Waals surface area contributed by atoms with E-state index in [0.29, 0.717) is 23.8 Å². The van der Waals surface area contributed by atoms with Gasteiger partial charge >= 0.3 is 12.0 Å². The number of amides is 2. The number of carbonyl (C=O) groups is 2. The molecule has 21 heavy (non-hydrogen) atoms. The summed E-state index contributed by atoms with van der Waals surface area (Å²) in [4.78, 5) is 22.8. The molecule has 1 saturated heterocycles. The summed E-state index contributed by atoms with van der Waals surface area (Å²) in [6.45, 7) is 5.14. The monoisotopic (exact) mass is 292 g/mol. The van der Waals surface area contributed by atoms with E-state index in [1.165, 1.54) is 12.1 Å². The molecule has 0 aromatic heterocycles. The Morgan fingerprint density at radius 3 is 2.76 bits per heavy atom. The molecule has 1 aliphatic heterocycles. The first-order valence-corrected chi connectivity index (χ1v) is 6.96. The standard InChI is InChI=1S/C15H20N2O4/c1-9-7-11(14(18)19)3-4-13(9)17-15(20)16-10(2)12-5-6-21-8-12/h3-4,7,10,12H,5-6,8H2,1-2H3,(H,18,19)(H2,16,17,20). The smallest absolute Gasteiger partial charge is 0.335 e. The minimum Gasteiger partial charge on any atom is -0.478 e. The summed E-state index contributed by atoms with van der Waals surface area (Å²) in [5, 5.41) is 14.5. The SMILES string of the molecule is Cc1cc(C(=O)O)ccc1NC(=O)NC(C)C1CCOC1. The number of nitrogens with one attached hydrogen (secondary N) is 2. The highest BCUT2D eigenvalue weighted by Gasteiger charge is 2.23. The molecule has 0 radical (unpaired) electrons. The lowest BCUT2D eigenvalue weighted by Crippen LogP contribution is -2.40. The molecule has 1 fully saturated rings. The lowest BCUT2D eigenvalue weighted by molar-refractivity contribution is 0.0697. The zero-order valence-corrected chi connectivity index (χ0v) is 12.2. The number of hydrogen-bond donors (Lipinski definition) is 3. The fourth-order valence-corrected chi connectivity index (χ4v) is 2.37. The number of carboxylic acids is 1. The number of anilines is 1. The number of benzene rings is 1. The van der Waals surface area contributed by atoms with Crippen molar-refractivity contribution in [2.24, 2.45) is 5.92 Å². The van der Waals surface area contributed by atoms with Crippen molar-refractivity contribution in [2.75, 3.05) is 18.5 Å². The first-order valence-electron chi connectivity index (χ1n) is 6.96. The molecule has 1 heterocycles. The molecule has 0 aliphatic carbocycles. The molecule has 1 aromatic rings. The van der Waals surface area contributed by atoms with Crippen LogP contribution in [-0.4, -0.2) is 36.4 Å². The third-order valence-corrected chi connectivity index (χ3v) is 3.75. The van der Waals surface area contributed by atoms with Crippen molar-refractivity contribution in [1.29, 1.82) is 0 Å². The number of hydrogen-bond acceptors (Lipinski definition) is 3. The van der Waals surface area contributed by atoms with Crippen LogP contribution in [0.3, 0.4) is 0 Å². The largest absolute Gasteiger partial charge is 0.478 e. The molecule has 0 saturated carbocycles. The van der Waals surface area contributed by atoms with Crippen molar-refractivity contribution in [3.63, 3.8) is 0 Å². The van der Waals surface area contributed by atoms with Gasteiger partial charge in [-0.05, 0) is 44.0 Å². The van der Waals surface area contributed by atoms with Crippen molar-refractivity contribution < 1.29 is 19.4 Å². The first-order chi connectivity index (χ1) is 9.97. The van der Waals surface area contributed by atoms with E-state index in [1.807, 2.05) is 6.92 Å². The van der Waals surface area contributed by atoms with Gasteiger partial charge in [0, 0.05) is 24.3 Å². The highest BCUT2D eigenvalue weighted by atomic mass is 16.5. The third-order valence-electron chi connectivity index (χ3n) is 3.75. The Labute approximate surface area is 123 Å². The zero-order valence-electron chi connectivity index (χ0n) is 12.2. The molecule has 2 amide bonds. The molecule has 3 N–H and O–H groups in total. The quantitative estimate of drug-likeness (QED) is 0.794. The summed E-state index contributed by atoms with van der Waals surface area (Å²) in [5.74, 6) is -0.643. The van der Waals surface area contributed by atoms with Gasteiger partial charge in [0.2, 0.25) is 0 Å². The van der Waals surface area contributed by atoms with Crippen LogP contribution in [0.4, 0.5) is 10.5 Å². The minimum absolute atomic E-state index is 0.0334. The number of carbonyl (C=O) groups excluding carboxylic acids is 1. The van der Waals surface area contributed by atoms with Crippen LogP contribution in [0.5, 0.6) is 0 Å². The average Bonchev–Trinajstić information content (AvgIpc) is 2.94. The molecule has 1 aromatic carbocycles. The molecule has 6 heteroatoms. The normalized spacial score (nSPS) is 19.0. The second-order valence-electron chi connectivity index (χ2n) is 5.35. The summed E-state index contributed by atoms with van der Waals surface area (Å²) >= 11 is 0. The van der Waals surface area contributed by atoms with Crippen LogP contribution in [0.2, 0.25) is 0 Å². The summed E-state index contributed by atoms with van der Waals surface area (Å²) < 4.78 is 5.31. The van der Waals surface area contributed by atoms with Gasteiger partial charge in [-0.25, -0.2) is 9.59 Å². The summed E-state index contributed by atoms with van der Waals surface area (Å²) in [7, 11) is 0. The Hall–Kier alpha value is -2.08. The van der Waals surface area contributed by atoms with Gasteiger partial charge in [0.15, 0.2) is 0 Å². The van der Waals surface area contributed by atoms with Crippen LogP contribution in [0.25, 0.3) is 0 Å². The number of rotatable bonds is 4. The predicted molar refractivity (Wildman–Crippen MR) is 78.7 cm³/mol. The van der Waals surface area contributed by atoms with E-state index in [2.05, 4.69) is 10.6 Å². The Kier molecular flexibility index (Phi) is 4.80. The van der Waals surface area contributed by atoms with Gasteiger partial charge < -0.3 is 20.5 Å². The minimum atomic E-state index is -0.982. The summed E-state index contributed by atoms with van der Waals surface area (Å²) in [6.07, 6.45) is 0.952. The highest BCUT2D eigenvalue weighted by molar-refractivity contribution is 5.92. The second kappa shape index (κ2) is 6.58. The molecule has 0 spiro atoms. The Morgan fingerprint density at radius 2 is 2.19 bits per heavy atom. The van der Waals surface area contributed by atoms with E-state index in [-0.39, 0.29) is 17.6 Å². The topological polar surface area (TPSA) is 87.7 Å². The molecule has 114 valence electrons. The fraction of sp³-hybridized carbons (Fsp3) is 0.467. The van der Waals surface area contributed by atoms with E-state index >= 15 is 0 Å². The van der Waals surface area contributed by atoms with Gasteiger partial charge in [0.1, 0.15) is 0 Å². The van der Waals surface area contributed by atoms with Gasteiger partial charge in [-0.1, -0.05) is 0 Å². The summed E-state index contributed by atoms with van der Waals surface area (Å²) in [5.41, 5.74) is 1.52. The van der Waals surface area contributed by atoms with Crippen LogP contribution in [-0.2, 0) is 4.74 Å². The molecule has 2 rings (SSSR count). The van der Waals surface area contributed by atoms with Gasteiger partial charge in [0.05, 0.1) is 12.2 Å². The number of aromatic carboxylic acids is 1. The molecule has 1 aliphatic rings. The first kappa shape index (κ1) is 15.3. The molecular weight excluding hydrogens is 272 g/mol. The van der Waals surface area contributed by atoms with Crippen LogP contribution in [0.15, 0.2) is 18.2 Å². The molecule has 6 nitrogen and oxygen atoms in total. The van der Waals surface area contributed by atoms with E-state index in [1.54, 1.807) is 13.0 Å². The Morgan fingerprint density at radius 1 is 1.43 bits per heavy atom. The maximum atomic E-state index is 12.0. The van der Waals surface area contributed by atoms with Gasteiger partial charge in [0.25, 0.3) is 0 Å². The molecular formula is C15H20N2O4. The zero-order chi connectivity index (χ0) is 15.4. The highest BCUT2D eigenvalue weighted by Crippen LogP contribution is 2.18. The Balaban J connectivity index is 1.94. The third kappa shape index (κ3) is 3.95. The molecule has 2 unspecified atom stereocenters. The van der Waals surface area contributed by atoms with E-state index in [0.717, 1.165) is 13.0 Å². The van der Waals surface area contributed by atoms with Crippen LogP contribution in [0, 0.1) is 12.8 Å². The van der Waals surface area contributed by atoms with Crippen LogP contribution in [0.1, 0.15) is 29.3 Å². The van der Waals surface area contributed by atoms with Crippen molar-refractivity contribution in [3.05, 3.63) is 29.3 Å². The second-order valence-corrected chi connectivity index (χ2v) is 5.35. The Bertz CT molecular complexity index is 538. The maximum Gasteiger partial charge on any atom is 0.335 e. The van der Waals surface area contributed by atoms with Crippen molar-refractivity contribution >= 4 is 17.7 Å². The van der Waals surface area contributed by atoms with Gasteiger partial charge in [-0.2, -0.15) is 0 Å². The van der Waals surface area contributed by atoms with Crippen LogP contribution < -0.4 is 10.6 Å². The molecule has 2 atom stereocenters. The van der Waals surface area contributed by atoms with Crippen LogP contribution >= 0.6 is 0 Å². The average molecular weight is 292 g/mol. The fourth-order valence-electron chi connectivity index (χ4n) is 2.37. The lowest BCUT2D eigenvalue weighted by atomic mass is 10.0. The van der Waals surface area contributed by atoms with Gasteiger partial charge in [-0.3, -0.25) is 0 Å². The number of carboxylic acid groups (broad SMARTS) is 1.